The van der Waals surface area contributed by atoms with Gasteiger partial charge in [-0.15, -0.1) is 0 Å². The minimum absolute atomic E-state index is 0.00688. The monoisotopic (exact) mass is 614 g/mol. The number of halogens is 4. The van der Waals surface area contributed by atoms with Crippen LogP contribution in [0.1, 0.15) is 21.8 Å². The molecule has 0 saturated carbocycles. The molecule has 0 bridgehead atoms. The van der Waals surface area contributed by atoms with Gasteiger partial charge in [-0.25, -0.2) is 4.98 Å². The summed E-state index contributed by atoms with van der Waals surface area (Å²) >= 11 is 6.02. The first-order valence-corrected chi connectivity index (χ1v) is 13.7. The molecule has 224 valence electrons. The second-order valence-electron chi connectivity index (χ2n) is 9.83. The number of nitrogens with zero attached hydrogens (tertiary/aromatic N) is 4. The number of amides is 3. The van der Waals surface area contributed by atoms with Crippen LogP contribution in [-0.2, 0) is 22.2 Å². The minimum Gasteiger partial charge on any atom is -0.451 e. The lowest BCUT2D eigenvalue weighted by Crippen LogP contribution is -2.53. The summed E-state index contributed by atoms with van der Waals surface area (Å²) in [6.07, 6.45) is -2.05. The Balaban J connectivity index is 1.18. The largest absolute Gasteiger partial charge is 0.451 e. The molecule has 4 aromatic rings. The molecule has 43 heavy (non-hydrogen) atoms. The van der Waals surface area contributed by atoms with Gasteiger partial charge < -0.3 is 24.9 Å². The highest BCUT2D eigenvalue weighted by molar-refractivity contribution is 6.31. The summed E-state index contributed by atoms with van der Waals surface area (Å²) in [6.45, 7) is 0.997. The first kappa shape index (κ1) is 29.8. The first-order chi connectivity index (χ1) is 20.6. The molecule has 2 N–H and O–H groups in total. The zero-order valence-electron chi connectivity index (χ0n) is 22.6. The quantitative estimate of drug-likeness (QED) is 0.311. The number of fused-ring (bicyclic) bond motifs is 1. The number of hydrogen-bond acceptors (Lipinski definition) is 7. The van der Waals surface area contributed by atoms with E-state index in [4.69, 9.17) is 16.0 Å². The fraction of sp³-hybridized carbons (Fsp3) is 0.276. The van der Waals surface area contributed by atoms with Crippen LogP contribution in [0.2, 0.25) is 5.02 Å². The first-order valence-electron chi connectivity index (χ1n) is 13.3. The van der Waals surface area contributed by atoms with Gasteiger partial charge in [0.1, 0.15) is 17.4 Å². The van der Waals surface area contributed by atoms with E-state index in [0.717, 1.165) is 12.3 Å². The molecule has 4 heterocycles. The summed E-state index contributed by atoms with van der Waals surface area (Å²) < 4.78 is 44.1. The average molecular weight is 615 g/mol. The van der Waals surface area contributed by atoms with E-state index in [1.807, 2.05) is 0 Å². The SMILES string of the molecule is O=C(NC(Cc1ccccn1)C(=O)NCC(=O)N1CCN(c2ccc(C(F)(F)F)cn2)CC1)c1cc2cc(Cl)ccc2o1. The Morgan fingerprint density at radius 1 is 1.00 bits per heavy atom. The van der Waals surface area contributed by atoms with Crippen molar-refractivity contribution in [2.75, 3.05) is 37.6 Å². The van der Waals surface area contributed by atoms with Crippen LogP contribution in [0.3, 0.4) is 0 Å². The number of aromatic nitrogens is 2. The third-order valence-corrected chi connectivity index (χ3v) is 7.14. The van der Waals surface area contributed by atoms with E-state index in [9.17, 15) is 27.6 Å². The standard InChI is InChI=1S/C29H26ClF3N6O4/c30-20-5-6-23-18(13-20)14-24(43-23)28(42)37-22(15-21-3-1-2-8-34-21)27(41)36-17-26(40)39-11-9-38(10-12-39)25-7-4-19(16-35-25)29(31,32)33/h1-8,13-14,16,22H,9-12,15,17H2,(H,36,41)(H,37,42). The van der Waals surface area contributed by atoms with E-state index in [-0.39, 0.29) is 24.6 Å². The summed E-state index contributed by atoms with van der Waals surface area (Å²) in [7, 11) is 0. The number of furan rings is 1. The number of nitrogens with one attached hydrogen (secondary N) is 2. The van der Waals surface area contributed by atoms with Crippen LogP contribution in [0.5, 0.6) is 0 Å². The number of rotatable bonds is 8. The highest BCUT2D eigenvalue weighted by Crippen LogP contribution is 2.29. The van der Waals surface area contributed by atoms with Crippen molar-refractivity contribution in [3.63, 3.8) is 0 Å². The number of hydrogen-bond donors (Lipinski definition) is 2. The fourth-order valence-corrected chi connectivity index (χ4v) is 4.80. The van der Waals surface area contributed by atoms with Crippen molar-refractivity contribution in [3.05, 3.63) is 89.0 Å². The Morgan fingerprint density at radius 3 is 2.47 bits per heavy atom. The molecule has 1 fully saturated rings. The van der Waals surface area contributed by atoms with E-state index in [0.29, 0.717) is 53.7 Å². The number of carbonyl (C=O) groups excluding carboxylic acids is 3. The molecule has 1 aliphatic rings. The molecular formula is C29H26ClF3N6O4. The third kappa shape index (κ3) is 7.41. The van der Waals surface area contributed by atoms with Crippen LogP contribution in [-0.4, -0.2) is 71.4 Å². The Morgan fingerprint density at radius 2 is 1.79 bits per heavy atom. The van der Waals surface area contributed by atoms with Crippen LogP contribution in [0.4, 0.5) is 19.0 Å². The number of piperazine rings is 1. The van der Waals surface area contributed by atoms with E-state index < -0.39 is 29.6 Å². The highest BCUT2D eigenvalue weighted by Gasteiger charge is 2.31. The zero-order chi connectivity index (χ0) is 30.6. The normalized spacial score (nSPS) is 14.4. The van der Waals surface area contributed by atoms with Crippen LogP contribution in [0, 0.1) is 0 Å². The van der Waals surface area contributed by atoms with Crippen molar-refractivity contribution in [1.29, 1.82) is 0 Å². The van der Waals surface area contributed by atoms with Gasteiger partial charge >= 0.3 is 6.18 Å². The maximum absolute atomic E-state index is 13.2. The molecule has 5 rings (SSSR count). The van der Waals surface area contributed by atoms with Gasteiger partial charge in [-0.1, -0.05) is 17.7 Å². The molecule has 3 amide bonds. The molecule has 1 unspecified atom stereocenters. The number of pyridine rings is 2. The highest BCUT2D eigenvalue weighted by atomic mass is 35.5. The molecule has 1 atom stereocenters. The summed E-state index contributed by atoms with van der Waals surface area (Å²) in [5.41, 5.74) is 0.180. The van der Waals surface area contributed by atoms with E-state index in [1.54, 1.807) is 52.4 Å². The second-order valence-corrected chi connectivity index (χ2v) is 10.3. The van der Waals surface area contributed by atoms with Crippen LogP contribution >= 0.6 is 11.6 Å². The maximum Gasteiger partial charge on any atom is 0.417 e. The zero-order valence-corrected chi connectivity index (χ0v) is 23.4. The van der Waals surface area contributed by atoms with Crippen LogP contribution in [0.25, 0.3) is 11.0 Å². The second kappa shape index (κ2) is 12.7. The summed E-state index contributed by atoms with van der Waals surface area (Å²) in [4.78, 5) is 50.6. The summed E-state index contributed by atoms with van der Waals surface area (Å²) in [5.74, 6) is -1.17. The molecule has 10 nitrogen and oxygen atoms in total. The van der Waals surface area contributed by atoms with Gasteiger partial charge in [0.25, 0.3) is 5.91 Å². The third-order valence-electron chi connectivity index (χ3n) is 6.91. The molecule has 14 heteroatoms. The van der Waals surface area contributed by atoms with Gasteiger partial charge in [0, 0.05) is 61.1 Å². The molecule has 1 aromatic carbocycles. The van der Waals surface area contributed by atoms with Crippen molar-refractivity contribution in [3.8, 4) is 0 Å². The Hall–Kier alpha value is -4.65. The van der Waals surface area contributed by atoms with Crippen molar-refractivity contribution >= 4 is 46.1 Å². The van der Waals surface area contributed by atoms with Crippen LogP contribution in [0.15, 0.2) is 71.4 Å². The molecular weight excluding hydrogens is 589 g/mol. The van der Waals surface area contributed by atoms with E-state index >= 15 is 0 Å². The van der Waals surface area contributed by atoms with Crippen molar-refractivity contribution in [1.82, 2.24) is 25.5 Å². The number of anilines is 1. The van der Waals surface area contributed by atoms with E-state index in [1.165, 1.54) is 12.1 Å². The van der Waals surface area contributed by atoms with Crippen molar-refractivity contribution in [2.24, 2.45) is 0 Å². The van der Waals surface area contributed by atoms with Gasteiger partial charge in [-0.2, -0.15) is 13.2 Å². The Labute approximate surface area is 248 Å². The predicted molar refractivity (Wildman–Crippen MR) is 151 cm³/mol. The summed E-state index contributed by atoms with van der Waals surface area (Å²) in [5, 5.41) is 6.38. The molecule has 0 aliphatic carbocycles. The van der Waals surface area contributed by atoms with Crippen molar-refractivity contribution < 1.29 is 32.0 Å². The number of alkyl halides is 3. The van der Waals surface area contributed by atoms with Gasteiger partial charge in [0.15, 0.2) is 5.76 Å². The molecule has 0 radical (unpaired) electrons. The lowest BCUT2D eigenvalue weighted by atomic mass is 10.1. The molecule has 1 aliphatic heterocycles. The smallest absolute Gasteiger partial charge is 0.417 e. The van der Waals surface area contributed by atoms with Gasteiger partial charge in [0.05, 0.1) is 12.1 Å². The van der Waals surface area contributed by atoms with Gasteiger partial charge in [-0.3, -0.25) is 19.4 Å². The maximum atomic E-state index is 13.2. The topological polar surface area (TPSA) is 121 Å². The Bertz CT molecular complexity index is 1610. The lowest BCUT2D eigenvalue weighted by Gasteiger charge is -2.35. The minimum atomic E-state index is -4.47. The lowest BCUT2D eigenvalue weighted by molar-refractivity contribution is -0.137. The molecule has 1 saturated heterocycles. The molecule has 3 aromatic heterocycles. The van der Waals surface area contributed by atoms with Gasteiger partial charge in [-0.05, 0) is 48.5 Å². The van der Waals surface area contributed by atoms with Crippen molar-refractivity contribution in [2.45, 2.75) is 18.6 Å². The summed E-state index contributed by atoms with van der Waals surface area (Å²) in [6, 6.07) is 12.9. The average Bonchev–Trinajstić information content (AvgIpc) is 3.43. The number of carbonyl (C=O) groups is 3. The Kier molecular flexibility index (Phi) is 8.81. The number of benzene rings is 1. The van der Waals surface area contributed by atoms with Gasteiger partial charge in [0.2, 0.25) is 11.8 Å². The fourth-order valence-electron chi connectivity index (χ4n) is 4.62. The predicted octanol–water partition coefficient (Wildman–Crippen LogP) is 3.70. The van der Waals surface area contributed by atoms with E-state index in [2.05, 4.69) is 20.6 Å². The molecule has 0 spiro atoms. The van der Waals surface area contributed by atoms with Crippen LogP contribution < -0.4 is 15.5 Å².